The van der Waals surface area contributed by atoms with Gasteiger partial charge >= 0.3 is 0 Å². The fourth-order valence-corrected chi connectivity index (χ4v) is 4.00. The van der Waals surface area contributed by atoms with Crippen molar-refractivity contribution >= 4 is 5.91 Å². The van der Waals surface area contributed by atoms with Crippen LogP contribution in [0, 0.1) is 0 Å². The fourth-order valence-electron chi connectivity index (χ4n) is 4.00. The van der Waals surface area contributed by atoms with Crippen LogP contribution in [0.3, 0.4) is 0 Å². The lowest BCUT2D eigenvalue weighted by Crippen LogP contribution is -2.41. The Morgan fingerprint density at radius 2 is 1.83 bits per heavy atom. The average molecular weight is 414 g/mol. The van der Waals surface area contributed by atoms with Gasteiger partial charge in [-0.25, -0.2) is 0 Å². The summed E-state index contributed by atoms with van der Waals surface area (Å²) in [5, 5.41) is 14.2. The molecule has 8 nitrogen and oxygen atoms in total. The lowest BCUT2D eigenvalue weighted by atomic mass is 9.90. The SMILES string of the molecule is COc1ccc2c(c1OC)C(=O)NC2(O)Cc1cc2c(cc1CCN(C)C)OCO2. The van der Waals surface area contributed by atoms with Crippen LogP contribution in [0.1, 0.15) is 27.0 Å². The van der Waals surface area contributed by atoms with E-state index >= 15 is 0 Å². The Labute approximate surface area is 175 Å². The van der Waals surface area contributed by atoms with E-state index in [1.165, 1.54) is 14.2 Å². The monoisotopic (exact) mass is 414 g/mol. The molecule has 2 aliphatic heterocycles. The second-order valence-corrected chi connectivity index (χ2v) is 7.74. The predicted octanol–water partition coefficient (Wildman–Crippen LogP) is 1.67. The van der Waals surface area contributed by atoms with Gasteiger partial charge in [0.05, 0.1) is 19.8 Å². The van der Waals surface area contributed by atoms with E-state index in [0.717, 1.165) is 24.1 Å². The summed E-state index contributed by atoms with van der Waals surface area (Å²) in [6.45, 7) is 1.01. The molecule has 0 aromatic heterocycles. The first-order valence-electron chi connectivity index (χ1n) is 9.72. The minimum absolute atomic E-state index is 0.173. The predicted molar refractivity (Wildman–Crippen MR) is 109 cm³/mol. The molecule has 2 aromatic rings. The molecule has 30 heavy (non-hydrogen) atoms. The molecule has 0 spiro atoms. The molecule has 2 heterocycles. The van der Waals surface area contributed by atoms with Crippen molar-refractivity contribution in [2.75, 3.05) is 41.7 Å². The topological polar surface area (TPSA) is 89.5 Å². The lowest BCUT2D eigenvalue weighted by Gasteiger charge is -2.26. The Hall–Kier alpha value is -2.97. The summed E-state index contributed by atoms with van der Waals surface area (Å²) >= 11 is 0. The van der Waals surface area contributed by atoms with E-state index in [1.54, 1.807) is 12.1 Å². The second kappa shape index (κ2) is 7.70. The van der Waals surface area contributed by atoms with Gasteiger partial charge < -0.3 is 34.3 Å². The summed E-state index contributed by atoms with van der Waals surface area (Å²) < 4.78 is 21.8. The third kappa shape index (κ3) is 3.42. The van der Waals surface area contributed by atoms with Crippen LogP contribution in [0.4, 0.5) is 0 Å². The van der Waals surface area contributed by atoms with Crippen molar-refractivity contribution in [1.82, 2.24) is 10.2 Å². The number of hydrogen-bond acceptors (Lipinski definition) is 7. The maximum Gasteiger partial charge on any atom is 0.258 e. The molecular formula is C22H26N2O6. The zero-order chi connectivity index (χ0) is 21.5. The van der Waals surface area contributed by atoms with Gasteiger partial charge in [0.15, 0.2) is 28.7 Å². The van der Waals surface area contributed by atoms with Crippen LogP contribution < -0.4 is 24.3 Å². The summed E-state index contributed by atoms with van der Waals surface area (Å²) in [5.74, 6) is 1.67. The quantitative estimate of drug-likeness (QED) is 0.712. The first-order valence-corrected chi connectivity index (χ1v) is 9.72. The third-order valence-electron chi connectivity index (χ3n) is 5.51. The van der Waals surface area contributed by atoms with Gasteiger partial charge in [-0.3, -0.25) is 4.79 Å². The molecule has 4 rings (SSSR count). The molecule has 0 radical (unpaired) electrons. The van der Waals surface area contributed by atoms with Gasteiger partial charge in [0.2, 0.25) is 6.79 Å². The Morgan fingerprint density at radius 1 is 1.13 bits per heavy atom. The summed E-state index contributed by atoms with van der Waals surface area (Å²) in [6.07, 6.45) is 0.947. The van der Waals surface area contributed by atoms with E-state index in [9.17, 15) is 9.90 Å². The second-order valence-electron chi connectivity index (χ2n) is 7.74. The summed E-state index contributed by atoms with van der Waals surface area (Å²) in [6, 6.07) is 7.23. The molecule has 1 unspecified atom stereocenters. The summed E-state index contributed by atoms with van der Waals surface area (Å²) in [4.78, 5) is 14.8. The molecule has 8 heteroatoms. The van der Waals surface area contributed by atoms with Crippen molar-refractivity contribution in [3.05, 3.63) is 46.5 Å². The highest BCUT2D eigenvalue weighted by atomic mass is 16.7. The summed E-state index contributed by atoms with van der Waals surface area (Å²) in [7, 11) is 6.99. The Morgan fingerprint density at radius 3 is 2.47 bits per heavy atom. The molecule has 0 bridgehead atoms. The van der Waals surface area contributed by atoms with Gasteiger partial charge in [-0.15, -0.1) is 0 Å². The Kier molecular flexibility index (Phi) is 5.21. The number of nitrogens with zero attached hydrogens (tertiary/aromatic N) is 1. The molecule has 1 atom stereocenters. The van der Waals surface area contributed by atoms with Crippen molar-refractivity contribution in [2.45, 2.75) is 18.6 Å². The number of benzene rings is 2. The first-order chi connectivity index (χ1) is 14.4. The average Bonchev–Trinajstić information content (AvgIpc) is 3.27. The number of carbonyl (C=O) groups is 1. The van der Waals surface area contributed by atoms with Crippen molar-refractivity contribution in [3.8, 4) is 23.0 Å². The standard InChI is InChI=1S/C22H26N2O6/c1-24(2)8-7-13-9-17-18(30-12-29-17)10-14(13)11-22(26)15-5-6-16(27-3)20(28-4)19(15)21(25)23-22/h5-6,9-10,26H,7-8,11-12H2,1-4H3,(H,23,25). The van der Waals surface area contributed by atoms with Gasteiger partial charge in [0.25, 0.3) is 5.91 Å². The van der Waals surface area contributed by atoms with E-state index in [-0.39, 0.29) is 18.8 Å². The van der Waals surface area contributed by atoms with Crippen LogP contribution >= 0.6 is 0 Å². The summed E-state index contributed by atoms with van der Waals surface area (Å²) in [5.41, 5.74) is 1.08. The largest absolute Gasteiger partial charge is 0.493 e. The number of hydrogen-bond donors (Lipinski definition) is 2. The number of carbonyl (C=O) groups excluding carboxylic acids is 1. The van der Waals surface area contributed by atoms with Crippen LogP contribution in [0.5, 0.6) is 23.0 Å². The fraction of sp³-hybridized carbons (Fsp3) is 0.409. The number of aliphatic hydroxyl groups is 1. The third-order valence-corrected chi connectivity index (χ3v) is 5.51. The molecule has 0 saturated carbocycles. The molecule has 0 saturated heterocycles. The molecule has 2 N–H and O–H groups in total. The van der Waals surface area contributed by atoms with Gasteiger partial charge in [-0.1, -0.05) is 0 Å². The maximum atomic E-state index is 12.7. The highest BCUT2D eigenvalue weighted by Gasteiger charge is 2.44. The van der Waals surface area contributed by atoms with Crippen molar-refractivity contribution in [2.24, 2.45) is 0 Å². The molecular weight excluding hydrogens is 388 g/mol. The highest BCUT2D eigenvalue weighted by Crippen LogP contribution is 2.43. The van der Waals surface area contributed by atoms with Crippen LogP contribution in [-0.4, -0.2) is 57.6 Å². The number of rotatable bonds is 7. The van der Waals surface area contributed by atoms with E-state index in [4.69, 9.17) is 18.9 Å². The molecule has 0 aliphatic carbocycles. The molecule has 2 aromatic carbocycles. The van der Waals surface area contributed by atoms with Gasteiger partial charge in [0, 0.05) is 18.5 Å². The number of ether oxygens (including phenoxy) is 4. The minimum Gasteiger partial charge on any atom is -0.493 e. The Balaban J connectivity index is 1.74. The van der Waals surface area contributed by atoms with Crippen molar-refractivity contribution in [3.63, 3.8) is 0 Å². The number of amides is 1. The molecule has 0 fully saturated rings. The van der Waals surface area contributed by atoms with Gasteiger partial charge in [-0.2, -0.15) is 0 Å². The number of methoxy groups -OCH3 is 2. The van der Waals surface area contributed by atoms with Crippen LogP contribution in [0.2, 0.25) is 0 Å². The van der Waals surface area contributed by atoms with E-state index in [2.05, 4.69) is 10.2 Å². The smallest absolute Gasteiger partial charge is 0.258 e. The lowest BCUT2D eigenvalue weighted by molar-refractivity contribution is 0.0132. The van der Waals surface area contributed by atoms with E-state index in [0.29, 0.717) is 28.6 Å². The zero-order valence-electron chi connectivity index (χ0n) is 17.6. The zero-order valence-corrected chi connectivity index (χ0v) is 17.6. The van der Waals surface area contributed by atoms with Crippen LogP contribution in [0.15, 0.2) is 24.3 Å². The van der Waals surface area contributed by atoms with Gasteiger partial charge in [0.1, 0.15) is 0 Å². The van der Waals surface area contributed by atoms with Crippen molar-refractivity contribution in [1.29, 1.82) is 0 Å². The number of nitrogens with one attached hydrogen (secondary N) is 1. The first kappa shape index (κ1) is 20.3. The Bertz CT molecular complexity index is 990. The molecule has 160 valence electrons. The number of likely N-dealkylation sites (N-methyl/N-ethyl adjacent to an activating group) is 1. The molecule has 2 aliphatic rings. The van der Waals surface area contributed by atoms with E-state index < -0.39 is 11.6 Å². The van der Waals surface area contributed by atoms with Gasteiger partial charge in [-0.05, 0) is 55.9 Å². The van der Waals surface area contributed by atoms with Crippen LogP contribution in [-0.2, 0) is 18.6 Å². The minimum atomic E-state index is -1.58. The van der Waals surface area contributed by atoms with Crippen molar-refractivity contribution < 1.29 is 28.8 Å². The number of fused-ring (bicyclic) bond motifs is 2. The van der Waals surface area contributed by atoms with E-state index in [1.807, 2.05) is 26.2 Å². The maximum absolute atomic E-state index is 12.7. The van der Waals surface area contributed by atoms with Crippen LogP contribution in [0.25, 0.3) is 0 Å². The normalized spacial score (nSPS) is 19.1. The highest BCUT2D eigenvalue weighted by molar-refractivity contribution is 6.03. The molecule has 1 amide bonds.